The van der Waals surface area contributed by atoms with Gasteiger partial charge < -0.3 is 4.74 Å². The number of esters is 1. The molecule has 114 valence electrons. The number of rotatable bonds is 6. The first kappa shape index (κ1) is 15.3. The number of H-pyrrole nitrogens is 1. The van der Waals surface area contributed by atoms with Crippen LogP contribution in [0, 0.1) is 0 Å². The Kier molecular flexibility index (Phi) is 4.94. The van der Waals surface area contributed by atoms with Crippen LogP contribution >= 0.6 is 0 Å². The van der Waals surface area contributed by atoms with Gasteiger partial charge in [0.1, 0.15) is 5.69 Å². The molecular weight excluding hydrogens is 288 g/mol. The first-order valence-electron chi connectivity index (χ1n) is 6.27. The standard InChI is InChI=1S/C13H14N6O3/c1-3-6-15-19-12-16-10(17-13(21)18-12)9-8(11(20)22-2)5-4-7-14-9/h3-5,7,15H,1,6H2,2H3,(H2,16,17,18,19,21). The third-order valence-corrected chi connectivity index (χ3v) is 2.53. The van der Waals surface area contributed by atoms with Crippen molar-refractivity contribution < 1.29 is 9.53 Å². The highest BCUT2D eigenvalue weighted by molar-refractivity contribution is 5.95. The van der Waals surface area contributed by atoms with Crippen LogP contribution in [-0.4, -0.2) is 39.6 Å². The van der Waals surface area contributed by atoms with Crippen molar-refractivity contribution in [3.05, 3.63) is 47.0 Å². The fourth-order valence-electron chi connectivity index (χ4n) is 1.62. The minimum atomic E-state index is -0.630. The van der Waals surface area contributed by atoms with E-state index >= 15 is 0 Å². The van der Waals surface area contributed by atoms with Gasteiger partial charge in [-0.2, -0.15) is 9.97 Å². The summed E-state index contributed by atoms with van der Waals surface area (Å²) >= 11 is 0. The Bertz CT molecular complexity index is 743. The summed E-state index contributed by atoms with van der Waals surface area (Å²) in [5.41, 5.74) is 5.15. The van der Waals surface area contributed by atoms with Crippen LogP contribution in [-0.2, 0) is 4.74 Å². The second kappa shape index (κ2) is 7.09. The van der Waals surface area contributed by atoms with Crippen LogP contribution in [0.1, 0.15) is 10.4 Å². The number of aromatic nitrogens is 4. The zero-order valence-electron chi connectivity index (χ0n) is 11.8. The Morgan fingerprint density at radius 3 is 3.05 bits per heavy atom. The van der Waals surface area contributed by atoms with Gasteiger partial charge in [0.15, 0.2) is 5.82 Å². The van der Waals surface area contributed by atoms with Crippen LogP contribution in [0.3, 0.4) is 0 Å². The molecule has 0 spiro atoms. The SMILES string of the molecule is C=CCNNc1nc(-c2ncccc2C(=O)OC)[nH]c(=O)n1. The number of carbonyl (C=O) groups is 1. The van der Waals surface area contributed by atoms with Crippen LogP contribution in [0.5, 0.6) is 0 Å². The maximum atomic E-state index is 11.8. The van der Waals surface area contributed by atoms with Crippen LogP contribution in [0.15, 0.2) is 35.8 Å². The number of methoxy groups -OCH3 is 1. The largest absolute Gasteiger partial charge is 0.465 e. The molecule has 0 saturated carbocycles. The first-order chi connectivity index (χ1) is 10.7. The number of nitrogens with zero attached hydrogens (tertiary/aromatic N) is 3. The first-order valence-corrected chi connectivity index (χ1v) is 6.27. The molecule has 0 amide bonds. The molecule has 0 atom stereocenters. The molecule has 0 aliphatic carbocycles. The van der Waals surface area contributed by atoms with Crippen LogP contribution < -0.4 is 16.5 Å². The molecule has 2 aromatic heterocycles. The van der Waals surface area contributed by atoms with Gasteiger partial charge in [-0.1, -0.05) is 6.08 Å². The summed E-state index contributed by atoms with van der Waals surface area (Å²) < 4.78 is 4.68. The van der Waals surface area contributed by atoms with Crippen LogP contribution in [0.2, 0.25) is 0 Å². The van der Waals surface area contributed by atoms with Crippen molar-refractivity contribution >= 4 is 11.9 Å². The van der Waals surface area contributed by atoms with Crippen molar-refractivity contribution in [2.24, 2.45) is 0 Å². The summed E-state index contributed by atoms with van der Waals surface area (Å²) in [6, 6.07) is 3.11. The number of carbonyl (C=O) groups excluding carboxylic acids is 1. The summed E-state index contributed by atoms with van der Waals surface area (Å²) in [6.07, 6.45) is 3.10. The van der Waals surface area contributed by atoms with Gasteiger partial charge in [-0.05, 0) is 12.1 Å². The van der Waals surface area contributed by atoms with Gasteiger partial charge in [0.05, 0.1) is 12.7 Å². The number of aromatic amines is 1. The van der Waals surface area contributed by atoms with Crippen molar-refractivity contribution in [1.82, 2.24) is 25.4 Å². The molecule has 0 radical (unpaired) electrons. The number of pyridine rings is 1. The molecule has 0 aromatic carbocycles. The summed E-state index contributed by atoms with van der Waals surface area (Å²) in [4.78, 5) is 37.6. The predicted octanol–water partition coefficient (Wildman–Crippen LogP) is 0.116. The van der Waals surface area contributed by atoms with Gasteiger partial charge >= 0.3 is 11.7 Å². The minimum Gasteiger partial charge on any atom is -0.465 e. The number of anilines is 1. The second-order valence-electron chi connectivity index (χ2n) is 4.01. The van der Waals surface area contributed by atoms with E-state index in [0.29, 0.717) is 6.54 Å². The number of hydrogen-bond donors (Lipinski definition) is 3. The van der Waals surface area contributed by atoms with Crippen molar-refractivity contribution in [2.45, 2.75) is 0 Å². The summed E-state index contributed by atoms with van der Waals surface area (Å²) in [5.74, 6) is -0.437. The Balaban J connectivity index is 2.42. The van der Waals surface area contributed by atoms with Gasteiger partial charge in [-0.3, -0.25) is 15.4 Å². The van der Waals surface area contributed by atoms with Crippen LogP contribution in [0.25, 0.3) is 11.5 Å². The van der Waals surface area contributed by atoms with E-state index in [1.54, 1.807) is 12.1 Å². The van der Waals surface area contributed by atoms with Crippen molar-refractivity contribution in [3.8, 4) is 11.5 Å². The summed E-state index contributed by atoms with van der Waals surface area (Å²) in [7, 11) is 1.26. The Morgan fingerprint density at radius 1 is 1.50 bits per heavy atom. The average Bonchev–Trinajstić information content (AvgIpc) is 2.54. The van der Waals surface area contributed by atoms with E-state index in [1.165, 1.54) is 19.4 Å². The van der Waals surface area contributed by atoms with Crippen molar-refractivity contribution in [1.29, 1.82) is 0 Å². The lowest BCUT2D eigenvalue weighted by Crippen LogP contribution is -2.26. The fraction of sp³-hybridized carbons (Fsp3) is 0.154. The quantitative estimate of drug-likeness (QED) is 0.297. The fourth-order valence-corrected chi connectivity index (χ4v) is 1.62. The Morgan fingerprint density at radius 2 is 2.32 bits per heavy atom. The van der Waals surface area contributed by atoms with Gasteiger partial charge in [-0.25, -0.2) is 15.0 Å². The van der Waals surface area contributed by atoms with E-state index in [4.69, 9.17) is 0 Å². The molecule has 2 heterocycles. The van der Waals surface area contributed by atoms with E-state index < -0.39 is 11.7 Å². The number of hydrazine groups is 1. The Labute approximate surface area is 125 Å². The normalized spacial score (nSPS) is 10.0. The summed E-state index contributed by atoms with van der Waals surface area (Å²) in [6.45, 7) is 3.99. The second-order valence-corrected chi connectivity index (χ2v) is 4.01. The van der Waals surface area contributed by atoms with E-state index in [1.807, 2.05) is 0 Å². The molecule has 2 rings (SSSR count). The van der Waals surface area contributed by atoms with Gasteiger partial charge in [0.2, 0.25) is 5.95 Å². The highest BCUT2D eigenvalue weighted by atomic mass is 16.5. The van der Waals surface area contributed by atoms with Gasteiger partial charge in [-0.15, -0.1) is 6.58 Å². The van der Waals surface area contributed by atoms with E-state index in [0.717, 1.165) is 0 Å². The third-order valence-electron chi connectivity index (χ3n) is 2.53. The maximum Gasteiger partial charge on any atom is 0.349 e. The lowest BCUT2D eigenvalue weighted by molar-refractivity contribution is 0.0601. The zero-order valence-corrected chi connectivity index (χ0v) is 11.8. The van der Waals surface area contributed by atoms with E-state index in [2.05, 4.69) is 42.1 Å². The number of hydrogen-bond acceptors (Lipinski definition) is 8. The molecule has 2 aromatic rings. The topological polar surface area (TPSA) is 122 Å². The zero-order chi connectivity index (χ0) is 15.9. The van der Waals surface area contributed by atoms with Crippen LogP contribution in [0.4, 0.5) is 5.95 Å². The molecule has 22 heavy (non-hydrogen) atoms. The molecule has 9 nitrogen and oxygen atoms in total. The van der Waals surface area contributed by atoms with E-state index in [9.17, 15) is 9.59 Å². The predicted molar refractivity (Wildman–Crippen MR) is 79.0 cm³/mol. The lowest BCUT2D eigenvalue weighted by atomic mass is 10.2. The van der Waals surface area contributed by atoms with Crippen molar-refractivity contribution in [3.63, 3.8) is 0 Å². The van der Waals surface area contributed by atoms with Gasteiger partial charge in [0, 0.05) is 12.7 Å². The number of ether oxygens (including phenoxy) is 1. The van der Waals surface area contributed by atoms with Crippen molar-refractivity contribution in [2.75, 3.05) is 19.1 Å². The Hall–Kier alpha value is -3.07. The molecule has 0 saturated heterocycles. The molecule has 9 heteroatoms. The molecule has 0 aliphatic rings. The third kappa shape index (κ3) is 3.52. The molecule has 0 aliphatic heterocycles. The smallest absolute Gasteiger partial charge is 0.349 e. The molecule has 0 fully saturated rings. The monoisotopic (exact) mass is 302 g/mol. The molecule has 0 unspecified atom stereocenters. The molecule has 0 bridgehead atoms. The lowest BCUT2D eigenvalue weighted by Gasteiger charge is -2.08. The highest BCUT2D eigenvalue weighted by Gasteiger charge is 2.16. The average molecular weight is 302 g/mol. The molecular formula is C13H14N6O3. The molecule has 3 N–H and O–H groups in total. The number of nitrogens with one attached hydrogen (secondary N) is 3. The maximum absolute atomic E-state index is 11.8. The highest BCUT2D eigenvalue weighted by Crippen LogP contribution is 2.17. The van der Waals surface area contributed by atoms with E-state index in [-0.39, 0.29) is 23.0 Å². The van der Waals surface area contributed by atoms with Gasteiger partial charge in [0.25, 0.3) is 0 Å². The minimum absolute atomic E-state index is 0.0436. The summed E-state index contributed by atoms with van der Waals surface area (Å²) in [5, 5.41) is 0.